The summed E-state index contributed by atoms with van der Waals surface area (Å²) in [6, 6.07) is 5.15. The molecule has 1 aromatic rings. The summed E-state index contributed by atoms with van der Waals surface area (Å²) in [4.78, 5) is 17.7. The average molecular weight is 384 g/mol. The van der Waals surface area contributed by atoms with Crippen LogP contribution in [0.3, 0.4) is 0 Å². The number of amidine groups is 1. The molecule has 5 nitrogen and oxygen atoms in total. The van der Waals surface area contributed by atoms with E-state index < -0.39 is 0 Å². The van der Waals surface area contributed by atoms with E-state index in [0.717, 1.165) is 23.0 Å². The summed E-state index contributed by atoms with van der Waals surface area (Å²) in [5.74, 6) is 1.02. The quantitative estimate of drug-likeness (QED) is 0.493. The van der Waals surface area contributed by atoms with Gasteiger partial charge in [-0.2, -0.15) is 0 Å². The van der Waals surface area contributed by atoms with Gasteiger partial charge in [-0.1, -0.05) is 45.5 Å². The molecule has 2 rings (SSSR count). The number of benzene rings is 1. The second kappa shape index (κ2) is 9.25. The highest BCUT2D eigenvalue weighted by molar-refractivity contribution is 8.16. The molecule has 1 atom stereocenters. The first-order valence-electron chi connectivity index (χ1n) is 8.23. The van der Waals surface area contributed by atoms with Crippen molar-refractivity contribution in [2.45, 2.75) is 40.7 Å². The summed E-state index contributed by atoms with van der Waals surface area (Å²) in [6.07, 6.45) is 2.24. The molecule has 1 heterocycles. The molecule has 0 bridgehead atoms. The number of aryl methyl sites for hydroxylation is 1. The zero-order valence-corrected chi connectivity index (χ0v) is 16.9. The largest absolute Gasteiger partial charge is 0.344 e. The SMILES string of the molecule is Cc1cc([N+](=O)[O-])ccc1N=C1SC=C[C@@H](C(C)C)N1CC(C)C.Cl. The van der Waals surface area contributed by atoms with Crippen LogP contribution in [0.4, 0.5) is 11.4 Å². The topological polar surface area (TPSA) is 58.7 Å². The van der Waals surface area contributed by atoms with Gasteiger partial charge in [0.15, 0.2) is 5.17 Å². The maximum atomic E-state index is 10.9. The van der Waals surface area contributed by atoms with Crippen molar-refractivity contribution in [2.24, 2.45) is 16.8 Å². The zero-order chi connectivity index (χ0) is 17.9. The van der Waals surface area contributed by atoms with Gasteiger partial charge in [0.05, 0.1) is 16.7 Å². The Balaban J connectivity index is 0.00000312. The molecule has 25 heavy (non-hydrogen) atoms. The van der Waals surface area contributed by atoms with Gasteiger partial charge in [-0.05, 0) is 35.8 Å². The van der Waals surface area contributed by atoms with Crippen LogP contribution in [-0.2, 0) is 0 Å². The molecule has 0 saturated carbocycles. The lowest BCUT2D eigenvalue weighted by atomic mass is 10.0. The van der Waals surface area contributed by atoms with E-state index in [1.165, 1.54) is 6.07 Å². The fourth-order valence-corrected chi connectivity index (χ4v) is 3.57. The number of nitro benzene ring substituents is 1. The van der Waals surface area contributed by atoms with E-state index in [4.69, 9.17) is 4.99 Å². The molecule has 0 aliphatic carbocycles. The highest BCUT2D eigenvalue weighted by atomic mass is 35.5. The highest BCUT2D eigenvalue weighted by Crippen LogP contribution is 2.30. The Morgan fingerprint density at radius 3 is 2.52 bits per heavy atom. The van der Waals surface area contributed by atoms with E-state index in [2.05, 4.69) is 44.1 Å². The number of aliphatic imine (C=N–C) groups is 1. The van der Waals surface area contributed by atoms with Crippen LogP contribution < -0.4 is 0 Å². The summed E-state index contributed by atoms with van der Waals surface area (Å²) in [5.41, 5.74) is 1.71. The third kappa shape index (κ3) is 5.47. The van der Waals surface area contributed by atoms with Crippen LogP contribution in [-0.4, -0.2) is 27.6 Å². The minimum atomic E-state index is -0.373. The second-order valence-corrected chi connectivity index (χ2v) is 7.72. The molecule has 1 aliphatic rings. The molecular weight excluding hydrogens is 358 g/mol. The van der Waals surface area contributed by atoms with Gasteiger partial charge < -0.3 is 4.90 Å². The van der Waals surface area contributed by atoms with Crippen molar-refractivity contribution >= 4 is 40.7 Å². The fraction of sp³-hybridized carbons (Fsp3) is 0.500. The molecule has 0 amide bonds. The maximum absolute atomic E-state index is 10.9. The Morgan fingerprint density at radius 2 is 2.00 bits per heavy atom. The predicted molar refractivity (Wildman–Crippen MR) is 109 cm³/mol. The van der Waals surface area contributed by atoms with E-state index in [0.29, 0.717) is 17.9 Å². The Labute approximate surface area is 160 Å². The van der Waals surface area contributed by atoms with Crippen molar-refractivity contribution in [3.05, 3.63) is 45.4 Å². The standard InChI is InChI=1S/C18H25N3O2S.ClH/c1-12(2)11-20-17(13(3)4)8-9-24-18(20)19-16-7-6-15(21(22)23)10-14(16)5;/h6-10,12-13,17H,11H2,1-5H3;1H/t17-;/m0./s1. The Bertz CT molecular complexity index is 674. The first kappa shape index (κ1) is 21.5. The van der Waals surface area contributed by atoms with Gasteiger partial charge in [0.2, 0.25) is 0 Å². The summed E-state index contributed by atoms with van der Waals surface area (Å²) >= 11 is 1.61. The van der Waals surface area contributed by atoms with Gasteiger partial charge in [-0.25, -0.2) is 4.99 Å². The first-order chi connectivity index (χ1) is 11.3. The van der Waals surface area contributed by atoms with Crippen LogP contribution >= 0.6 is 24.2 Å². The van der Waals surface area contributed by atoms with Crippen LogP contribution in [0.5, 0.6) is 0 Å². The van der Waals surface area contributed by atoms with Crippen LogP contribution in [0.1, 0.15) is 33.3 Å². The minimum absolute atomic E-state index is 0. The van der Waals surface area contributed by atoms with E-state index in [-0.39, 0.29) is 23.0 Å². The molecule has 0 radical (unpaired) electrons. The van der Waals surface area contributed by atoms with E-state index >= 15 is 0 Å². The zero-order valence-electron chi connectivity index (χ0n) is 15.3. The summed E-state index contributed by atoms with van der Waals surface area (Å²) < 4.78 is 0. The molecule has 138 valence electrons. The van der Waals surface area contributed by atoms with Gasteiger partial charge in [0.25, 0.3) is 5.69 Å². The van der Waals surface area contributed by atoms with Gasteiger partial charge in [-0.3, -0.25) is 10.1 Å². The monoisotopic (exact) mass is 383 g/mol. The van der Waals surface area contributed by atoms with Crippen molar-refractivity contribution in [3.63, 3.8) is 0 Å². The molecule has 0 saturated heterocycles. The van der Waals surface area contributed by atoms with Crippen LogP contribution in [0, 0.1) is 28.9 Å². The van der Waals surface area contributed by atoms with Crippen LogP contribution in [0.15, 0.2) is 34.7 Å². The van der Waals surface area contributed by atoms with Gasteiger partial charge in [-0.15, -0.1) is 12.4 Å². The molecule has 0 fully saturated rings. The molecule has 1 aromatic carbocycles. The maximum Gasteiger partial charge on any atom is 0.269 e. The third-order valence-corrected chi connectivity index (χ3v) is 4.74. The molecule has 0 spiro atoms. The molecule has 0 aromatic heterocycles. The third-order valence-electron chi connectivity index (χ3n) is 3.91. The lowest BCUT2D eigenvalue weighted by molar-refractivity contribution is -0.384. The number of thioether (sulfide) groups is 1. The van der Waals surface area contributed by atoms with Gasteiger partial charge in [0, 0.05) is 18.7 Å². The summed E-state index contributed by atoms with van der Waals surface area (Å²) in [5, 5.41) is 14.0. The Hall–Kier alpha value is -1.53. The van der Waals surface area contributed by atoms with Crippen molar-refractivity contribution in [2.75, 3.05) is 6.54 Å². The number of nitrogens with zero attached hydrogens (tertiary/aromatic N) is 3. The van der Waals surface area contributed by atoms with Crippen molar-refractivity contribution in [3.8, 4) is 0 Å². The van der Waals surface area contributed by atoms with Gasteiger partial charge >= 0.3 is 0 Å². The first-order valence-corrected chi connectivity index (χ1v) is 9.11. The lowest BCUT2D eigenvalue weighted by Gasteiger charge is -2.38. The second-order valence-electron chi connectivity index (χ2n) is 6.85. The normalized spacial score (nSPS) is 18.8. The summed E-state index contributed by atoms with van der Waals surface area (Å²) in [6.45, 7) is 11.6. The lowest BCUT2D eigenvalue weighted by Crippen LogP contribution is -2.44. The van der Waals surface area contributed by atoms with E-state index in [1.54, 1.807) is 23.9 Å². The number of nitro groups is 1. The molecule has 0 N–H and O–H groups in total. The Kier molecular flexibility index (Phi) is 7.96. The van der Waals surface area contributed by atoms with Crippen molar-refractivity contribution < 1.29 is 4.92 Å². The number of halogens is 1. The van der Waals surface area contributed by atoms with Crippen molar-refractivity contribution in [1.82, 2.24) is 4.90 Å². The van der Waals surface area contributed by atoms with Crippen LogP contribution in [0.25, 0.3) is 0 Å². The number of rotatable bonds is 5. The number of non-ortho nitro benzene ring substituents is 1. The highest BCUT2D eigenvalue weighted by Gasteiger charge is 2.26. The molecular formula is C18H26ClN3O2S. The molecule has 7 heteroatoms. The smallest absolute Gasteiger partial charge is 0.269 e. The van der Waals surface area contributed by atoms with Gasteiger partial charge in [0.1, 0.15) is 0 Å². The molecule has 0 unspecified atom stereocenters. The van der Waals surface area contributed by atoms with E-state index in [1.807, 2.05) is 6.92 Å². The number of hydrogen-bond donors (Lipinski definition) is 0. The Morgan fingerprint density at radius 1 is 1.32 bits per heavy atom. The molecule has 1 aliphatic heterocycles. The van der Waals surface area contributed by atoms with E-state index in [9.17, 15) is 10.1 Å². The number of hydrogen-bond acceptors (Lipinski definition) is 4. The summed E-state index contributed by atoms with van der Waals surface area (Å²) in [7, 11) is 0. The van der Waals surface area contributed by atoms with Crippen LogP contribution in [0.2, 0.25) is 0 Å². The fourth-order valence-electron chi connectivity index (χ4n) is 2.73. The predicted octanol–water partition coefficient (Wildman–Crippen LogP) is 5.56. The average Bonchev–Trinajstić information content (AvgIpc) is 2.49. The minimum Gasteiger partial charge on any atom is -0.344 e. The van der Waals surface area contributed by atoms with Crippen molar-refractivity contribution in [1.29, 1.82) is 0 Å².